The van der Waals surface area contributed by atoms with Crippen LogP contribution >= 0.6 is 0 Å². The lowest BCUT2D eigenvalue weighted by molar-refractivity contribution is 0.111. The standard InChI is InChI=1S/C20H15NO2/c1-23-20-10-9-16(15-7-2-3-8-17(15)20)18-12-14-6-4-5-11-21(14)19(18)13-22/h2-13H,1H3. The number of aromatic nitrogens is 1. The van der Waals surface area contributed by atoms with Gasteiger partial charge in [0.25, 0.3) is 0 Å². The van der Waals surface area contributed by atoms with Gasteiger partial charge in [-0.3, -0.25) is 4.79 Å². The highest BCUT2D eigenvalue weighted by atomic mass is 16.5. The topological polar surface area (TPSA) is 30.7 Å². The first-order valence-electron chi connectivity index (χ1n) is 7.45. The second-order valence-corrected chi connectivity index (χ2v) is 5.42. The summed E-state index contributed by atoms with van der Waals surface area (Å²) in [6.07, 6.45) is 2.83. The minimum atomic E-state index is 0.663. The highest BCUT2D eigenvalue weighted by molar-refractivity contribution is 6.04. The number of benzene rings is 2. The summed E-state index contributed by atoms with van der Waals surface area (Å²) in [7, 11) is 1.67. The Morgan fingerprint density at radius 3 is 2.48 bits per heavy atom. The van der Waals surface area contributed by atoms with E-state index in [0.717, 1.165) is 39.5 Å². The number of methoxy groups -OCH3 is 1. The van der Waals surface area contributed by atoms with E-state index in [4.69, 9.17) is 4.74 Å². The number of rotatable bonds is 3. The molecule has 0 amide bonds. The van der Waals surface area contributed by atoms with Crippen LogP contribution in [0, 0.1) is 0 Å². The van der Waals surface area contributed by atoms with Crippen molar-refractivity contribution in [2.24, 2.45) is 0 Å². The van der Waals surface area contributed by atoms with Crippen molar-refractivity contribution in [1.29, 1.82) is 0 Å². The molecule has 0 unspecified atom stereocenters. The molecule has 0 N–H and O–H groups in total. The molecule has 2 heterocycles. The molecule has 3 heteroatoms. The lowest BCUT2D eigenvalue weighted by Crippen LogP contribution is -1.93. The first-order valence-corrected chi connectivity index (χ1v) is 7.45. The van der Waals surface area contributed by atoms with Crippen molar-refractivity contribution in [3.8, 4) is 16.9 Å². The van der Waals surface area contributed by atoms with Gasteiger partial charge in [-0.2, -0.15) is 0 Å². The summed E-state index contributed by atoms with van der Waals surface area (Å²) in [5.74, 6) is 0.834. The van der Waals surface area contributed by atoms with Crippen LogP contribution in [0.4, 0.5) is 0 Å². The fourth-order valence-corrected chi connectivity index (χ4v) is 3.17. The maximum absolute atomic E-state index is 11.7. The Kier molecular flexibility index (Phi) is 3.12. The molecule has 3 nitrogen and oxygen atoms in total. The van der Waals surface area contributed by atoms with Gasteiger partial charge in [-0.1, -0.05) is 30.3 Å². The van der Waals surface area contributed by atoms with E-state index in [0.29, 0.717) is 5.69 Å². The molecule has 0 aliphatic carbocycles. The monoisotopic (exact) mass is 301 g/mol. The Hall–Kier alpha value is -3.07. The third-order valence-corrected chi connectivity index (χ3v) is 4.22. The van der Waals surface area contributed by atoms with E-state index >= 15 is 0 Å². The zero-order chi connectivity index (χ0) is 15.8. The average molecular weight is 301 g/mol. The number of fused-ring (bicyclic) bond motifs is 2. The van der Waals surface area contributed by atoms with Crippen molar-refractivity contribution >= 4 is 22.6 Å². The predicted octanol–water partition coefficient (Wildman–Crippen LogP) is 4.58. The van der Waals surface area contributed by atoms with Gasteiger partial charge in [-0.15, -0.1) is 0 Å². The smallest absolute Gasteiger partial charge is 0.167 e. The zero-order valence-corrected chi connectivity index (χ0v) is 12.7. The fraction of sp³-hybridized carbons (Fsp3) is 0.0500. The van der Waals surface area contributed by atoms with E-state index in [-0.39, 0.29) is 0 Å². The summed E-state index contributed by atoms with van der Waals surface area (Å²) >= 11 is 0. The van der Waals surface area contributed by atoms with Gasteiger partial charge in [0.1, 0.15) is 5.75 Å². The maximum atomic E-state index is 11.7. The van der Waals surface area contributed by atoms with E-state index in [1.807, 2.05) is 59.1 Å². The van der Waals surface area contributed by atoms with Crippen molar-refractivity contribution in [2.75, 3.05) is 7.11 Å². The van der Waals surface area contributed by atoms with Gasteiger partial charge in [0.15, 0.2) is 6.29 Å². The number of ether oxygens (including phenoxy) is 1. The number of carbonyl (C=O) groups excluding carboxylic acids is 1. The summed E-state index contributed by atoms with van der Waals surface area (Å²) in [6, 6.07) is 20.0. The number of carbonyl (C=O) groups is 1. The number of aldehydes is 1. The maximum Gasteiger partial charge on any atom is 0.167 e. The van der Waals surface area contributed by atoms with E-state index in [2.05, 4.69) is 12.1 Å². The molecule has 2 aromatic carbocycles. The van der Waals surface area contributed by atoms with Crippen molar-refractivity contribution in [3.63, 3.8) is 0 Å². The molecule has 0 aliphatic heterocycles. The molecule has 4 aromatic rings. The van der Waals surface area contributed by atoms with Crippen molar-refractivity contribution in [3.05, 3.63) is 72.6 Å². The normalized spacial score (nSPS) is 11.0. The zero-order valence-electron chi connectivity index (χ0n) is 12.7. The molecule has 0 spiro atoms. The van der Waals surface area contributed by atoms with Gasteiger partial charge in [0.05, 0.1) is 12.8 Å². The highest BCUT2D eigenvalue weighted by Gasteiger charge is 2.14. The molecule has 2 aromatic heterocycles. The summed E-state index contributed by atoms with van der Waals surface area (Å²) < 4.78 is 7.38. The van der Waals surface area contributed by atoms with Gasteiger partial charge >= 0.3 is 0 Å². The van der Waals surface area contributed by atoms with Gasteiger partial charge in [0, 0.05) is 22.7 Å². The Labute approximate surface area is 133 Å². The first-order chi connectivity index (χ1) is 11.3. The van der Waals surface area contributed by atoms with Crippen LogP contribution in [0.15, 0.2) is 66.9 Å². The summed E-state index contributed by atoms with van der Waals surface area (Å²) in [6.45, 7) is 0. The van der Waals surface area contributed by atoms with Crippen LogP contribution in [0.5, 0.6) is 5.75 Å². The molecule has 0 atom stereocenters. The van der Waals surface area contributed by atoms with Gasteiger partial charge in [-0.05, 0) is 41.3 Å². The Bertz CT molecular complexity index is 1030. The number of hydrogen-bond donors (Lipinski definition) is 0. The van der Waals surface area contributed by atoms with Crippen LogP contribution in [-0.2, 0) is 0 Å². The van der Waals surface area contributed by atoms with Crippen LogP contribution in [0.25, 0.3) is 27.4 Å². The second-order valence-electron chi connectivity index (χ2n) is 5.42. The van der Waals surface area contributed by atoms with Crippen LogP contribution < -0.4 is 4.74 Å². The number of pyridine rings is 1. The molecule has 0 radical (unpaired) electrons. The molecule has 0 fully saturated rings. The fourth-order valence-electron chi connectivity index (χ4n) is 3.17. The third-order valence-electron chi connectivity index (χ3n) is 4.22. The van der Waals surface area contributed by atoms with Crippen LogP contribution in [0.3, 0.4) is 0 Å². The average Bonchev–Trinajstić information content (AvgIpc) is 2.99. The largest absolute Gasteiger partial charge is 0.496 e. The second kappa shape index (κ2) is 5.29. The predicted molar refractivity (Wildman–Crippen MR) is 92.3 cm³/mol. The molecular formula is C20H15NO2. The van der Waals surface area contributed by atoms with E-state index in [9.17, 15) is 4.79 Å². The summed E-state index contributed by atoms with van der Waals surface area (Å²) in [5, 5.41) is 2.12. The lowest BCUT2D eigenvalue weighted by Gasteiger charge is -2.10. The molecule has 0 aliphatic rings. The summed E-state index contributed by atoms with van der Waals surface area (Å²) in [4.78, 5) is 11.7. The Morgan fingerprint density at radius 1 is 0.913 bits per heavy atom. The lowest BCUT2D eigenvalue weighted by atomic mass is 9.98. The van der Waals surface area contributed by atoms with Crippen LogP contribution in [0.1, 0.15) is 10.5 Å². The molecule has 0 saturated heterocycles. The van der Waals surface area contributed by atoms with Crippen molar-refractivity contribution in [1.82, 2.24) is 4.40 Å². The third kappa shape index (κ3) is 2.01. The minimum Gasteiger partial charge on any atom is -0.496 e. The number of hydrogen-bond acceptors (Lipinski definition) is 2. The van der Waals surface area contributed by atoms with Crippen molar-refractivity contribution < 1.29 is 9.53 Å². The van der Waals surface area contributed by atoms with Crippen molar-refractivity contribution in [2.45, 2.75) is 0 Å². The first kappa shape index (κ1) is 13.6. The minimum absolute atomic E-state index is 0.663. The van der Waals surface area contributed by atoms with Gasteiger partial charge < -0.3 is 9.14 Å². The molecule has 0 bridgehead atoms. The van der Waals surface area contributed by atoms with Gasteiger partial charge in [-0.25, -0.2) is 0 Å². The highest BCUT2D eigenvalue weighted by Crippen LogP contribution is 2.36. The Balaban J connectivity index is 2.09. The molecule has 4 rings (SSSR count). The quantitative estimate of drug-likeness (QED) is 0.519. The van der Waals surface area contributed by atoms with Crippen LogP contribution in [0.2, 0.25) is 0 Å². The van der Waals surface area contributed by atoms with E-state index < -0.39 is 0 Å². The SMILES string of the molecule is COc1ccc(-c2cc3ccccn3c2C=O)c2ccccc12. The van der Waals surface area contributed by atoms with Crippen LogP contribution in [-0.4, -0.2) is 17.8 Å². The molecule has 23 heavy (non-hydrogen) atoms. The van der Waals surface area contributed by atoms with E-state index in [1.54, 1.807) is 7.11 Å². The van der Waals surface area contributed by atoms with Gasteiger partial charge in [0.2, 0.25) is 0 Å². The molecular weight excluding hydrogens is 286 g/mol. The Morgan fingerprint density at radius 2 is 1.70 bits per heavy atom. The summed E-state index contributed by atoms with van der Waals surface area (Å²) in [5.41, 5.74) is 3.64. The molecule has 112 valence electrons. The van der Waals surface area contributed by atoms with E-state index in [1.165, 1.54) is 0 Å². The molecule has 0 saturated carbocycles. The number of nitrogens with zero attached hydrogens (tertiary/aromatic N) is 1.